The van der Waals surface area contributed by atoms with Crippen LogP contribution >= 0.6 is 0 Å². The van der Waals surface area contributed by atoms with Crippen molar-refractivity contribution in [2.45, 2.75) is 51.5 Å². The van der Waals surface area contributed by atoms with Gasteiger partial charge < -0.3 is 21.0 Å². The molecule has 1 saturated carbocycles. The quantitative estimate of drug-likeness (QED) is 0.314. The summed E-state index contributed by atoms with van der Waals surface area (Å²) in [5, 5.41) is 15.2. The van der Waals surface area contributed by atoms with Crippen molar-refractivity contribution in [3.8, 4) is 0 Å². The Hall–Kier alpha value is -1.30. The number of amides is 1. The monoisotopic (exact) mass is 283 g/mol. The molecule has 2 fully saturated rings. The van der Waals surface area contributed by atoms with Gasteiger partial charge in [-0.3, -0.25) is 4.79 Å². The average molecular weight is 283 g/mol. The van der Waals surface area contributed by atoms with E-state index in [1.165, 1.54) is 6.42 Å². The zero-order valence-electron chi connectivity index (χ0n) is 12.1. The fourth-order valence-corrected chi connectivity index (χ4v) is 3.25. The van der Waals surface area contributed by atoms with E-state index in [4.69, 9.17) is 15.7 Å². The molecule has 1 heterocycles. The first-order chi connectivity index (χ1) is 9.60. The second kappa shape index (κ2) is 6.43. The lowest BCUT2D eigenvalue weighted by Crippen LogP contribution is -2.56. The number of carbonyl (C=O) groups excluding carboxylic acids is 1. The van der Waals surface area contributed by atoms with Crippen LogP contribution in [0.15, 0.2) is 5.16 Å². The first-order valence-electron chi connectivity index (χ1n) is 7.47. The fourth-order valence-electron chi connectivity index (χ4n) is 3.25. The molecule has 1 aliphatic carbocycles. The summed E-state index contributed by atoms with van der Waals surface area (Å²) in [6.45, 7) is 3.10. The predicted octanol–water partition coefficient (Wildman–Crippen LogP) is 1.22. The lowest BCUT2D eigenvalue weighted by atomic mass is 9.77. The first kappa shape index (κ1) is 15.1. The lowest BCUT2D eigenvalue weighted by molar-refractivity contribution is -0.133. The molecule has 0 spiro atoms. The SMILES string of the molecule is CC1CCCCC1NC(=O)C1(C(N)=NO)CCOCC1. The minimum Gasteiger partial charge on any atom is -0.409 e. The first-order valence-corrected chi connectivity index (χ1v) is 7.47. The van der Waals surface area contributed by atoms with Crippen LogP contribution in [0.1, 0.15) is 45.4 Å². The van der Waals surface area contributed by atoms with E-state index in [0.29, 0.717) is 32.0 Å². The number of hydrogen-bond acceptors (Lipinski definition) is 4. The Morgan fingerprint density at radius 2 is 2.00 bits per heavy atom. The second-order valence-electron chi connectivity index (χ2n) is 6.02. The van der Waals surface area contributed by atoms with Gasteiger partial charge in [-0.1, -0.05) is 24.9 Å². The molecule has 2 aliphatic rings. The number of carbonyl (C=O) groups is 1. The Labute approximate surface area is 119 Å². The van der Waals surface area contributed by atoms with Crippen LogP contribution in [0.3, 0.4) is 0 Å². The molecule has 0 aromatic heterocycles. The molecule has 114 valence electrons. The minimum atomic E-state index is -0.913. The standard InChI is InChI=1S/C14H25N3O3/c1-10-4-2-3-5-11(10)16-13(18)14(12(15)17-19)6-8-20-9-7-14/h10-11,19H,2-9H2,1H3,(H2,15,17)(H,16,18). The van der Waals surface area contributed by atoms with Crippen molar-refractivity contribution in [2.75, 3.05) is 13.2 Å². The molecule has 0 aromatic rings. The summed E-state index contributed by atoms with van der Waals surface area (Å²) in [4.78, 5) is 12.7. The Bertz CT molecular complexity index is 378. The van der Waals surface area contributed by atoms with Crippen molar-refractivity contribution in [1.82, 2.24) is 5.32 Å². The Kier molecular flexibility index (Phi) is 4.86. The van der Waals surface area contributed by atoms with Gasteiger partial charge in [-0.2, -0.15) is 0 Å². The second-order valence-corrected chi connectivity index (χ2v) is 6.02. The molecule has 1 aliphatic heterocycles. The van der Waals surface area contributed by atoms with E-state index in [2.05, 4.69) is 17.4 Å². The normalized spacial score (nSPS) is 30.8. The number of nitrogens with zero attached hydrogens (tertiary/aromatic N) is 1. The zero-order chi connectivity index (χ0) is 14.6. The van der Waals surface area contributed by atoms with Gasteiger partial charge in [0, 0.05) is 19.3 Å². The van der Waals surface area contributed by atoms with Gasteiger partial charge in [-0.25, -0.2) is 0 Å². The number of nitrogens with two attached hydrogens (primary N) is 1. The topological polar surface area (TPSA) is 96.9 Å². The van der Waals surface area contributed by atoms with Crippen molar-refractivity contribution < 1.29 is 14.7 Å². The van der Waals surface area contributed by atoms with E-state index in [9.17, 15) is 4.79 Å². The fraction of sp³-hybridized carbons (Fsp3) is 0.857. The third-order valence-corrected chi connectivity index (χ3v) is 4.81. The molecular weight excluding hydrogens is 258 g/mol. The largest absolute Gasteiger partial charge is 0.409 e. The molecule has 0 bridgehead atoms. The van der Waals surface area contributed by atoms with Gasteiger partial charge in [-0.15, -0.1) is 0 Å². The molecule has 6 heteroatoms. The number of amidine groups is 1. The molecule has 1 amide bonds. The summed E-state index contributed by atoms with van der Waals surface area (Å²) >= 11 is 0. The predicted molar refractivity (Wildman–Crippen MR) is 75.5 cm³/mol. The smallest absolute Gasteiger partial charge is 0.234 e. The molecule has 0 aromatic carbocycles. The average Bonchev–Trinajstić information content (AvgIpc) is 2.49. The van der Waals surface area contributed by atoms with Crippen molar-refractivity contribution >= 4 is 11.7 Å². The lowest BCUT2D eigenvalue weighted by Gasteiger charge is -2.37. The van der Waals surface area contributed by atoms with Gasteiger partial charge >= 0.3 is 0 Å². The number of ether oxygens (including phenoxy) is 1. The van der Waals surface area contributed by atoms with Crippen molar-refractivity contribution in [3.05, 3.63) is 0 Å². The summed E-state index contributed by atoms with van der Waals surface area (Å²) in [6.07, 6.45) is 5.47. The van der Waals surface area contributed by atoms with Gasteiger partial charge in [0.25, 0.3) is 0 Å². The Morgan fingerprint density at radius 3 is 2.60 bits per heavy atom. The number of hydrogen-bond donors (Lipinski definition) is 3. The van der Waals surface area contributed by atoms with Crippen LogP contribution in [-0.2, 0) is 9.53 Å². The van der Waals surface area contributed by atoms with E-state index in [-0.39, 0.29) is 17.8 Å². The van der Waals surface area contributed by atoms with E-state index in [1.54, 1.807) is 0 Å². The van der Waals surface area contributed by atoms with Crippen LogP contribution in [0.4, 0.5) is 0 Å². The maximum atomic E-state index is 12.7. The summed E-state index contributed by atoms with van der Waals surface area (Å²) in [5.41, 5.74) is 4.89. The highest BCUT2D eigenvalue weighted by atomic mass is 16.5. The van der Waals surface area contributed by atoms with E-state index < -0.39 is 5.41 Å². The van der Waals surface area contributed by atoms with E-state index in [0.717, 1.165) is 19.3 Å². The van der Waals surface area contributed by atoms with Crippen LogP contribution in [0.2, 0.25) is 0 Å². The molecular formula is C14H25N3O3. The van der Waals surface area contributed by atoms with Gasteiger partial charge in [0.2, 0.25) is 5.91 Å². The van der Waals surface area contributed by atoms with E-state index in [1.807, 2.05) is 0 Å². The molecule has 2 atom stereocenters. The van der Waals surface area contributed by atoms with Crippen LogP contribution in [0.5, 0.6) is 0 Å². The van der Waals surface area contributed by atoms with Crippen LogP contribution in [-0.4, -0.2) is 36.2 Å². The minimum absolute atomic E-state index is 0.00163. The molecule has 6 nitrogen and oxygen atoms in total. The van der Waals surface area contributed by atoms with Crippen molar-refractivity contribution in [2.24, 2.45) is 22.2 Å². The van der Waals surface area contributed by atoms with Crippen LogP contribution < -0.4 is 11.1 Å². The molecule has 2 unspecified atom stereocenters. The zero-order valence-corrected chi connectivity index (χ0v) is 12.1. The molecule has 20 heavy (non-hydrogen) atoms. The molecule has 4 N–H and O–H groups in total. The Morgan fingerprint density at radius 1 is 1.35 bits per heavy atom. The van der Waals surface area contributed by atoms with Gasteiger partial charge in [0.05, 0.1) is 0 Å². The van der Waals surface area contributed by atoms with E-state index >= 15 is 0 Å². The van der Waals surface area contributed by atoms with Crippen molar-refractivity contribution in [1.29, 1.82) is 0 Å². The number of rotatable bonds is 3. The molecule has 1 saturated heterocycles. The van der Waals surface area contributed by atoms with Gasteiger partial charge in [0.15, 0.2) is 5.84 Å². The van der Waals surface area contributed by atoms with Gasteiger partial charge in [0.1, 0.15) is 5.41 Å². The third-order valence-electron chi connectivity index (χ3n) is 4.81. The summed E-state index contributed by atoms with van der Waals surface area (Å²) in [7, 11) is 0. The van der Waals surface area contributed by atoms with Crippen LogP contribution in [0.25, 0.3) is 0 Å². The highest BCUT2D eigenvalue weighted by Crippen LogP contribution is 2.32. The molecule has 0 radical (unpaired) electrons. The highest BCUT2D eigenvalue weighted by molar-refractivity contribution is 6.06. The molecule has 2 rings (SSSR count). The summed E-state index contributed by atoms with van der Waals surface area (Å²) < 4.78 is 5.31. The number of nitrogens with one attached hydrogen (secondary N) is 1. The maximum Gasteiger partial charge on any atom is 0.234 e. The Balaban J connectivity index is 2.10. The number of oxime groups is 1. The van der Waals surface area contributed by atoms with Crippen LogP contribution in [0, 0.1) is 11.3 Å². The highest BCUT2D eigenvalue weighted by Gasteiger charge is 2.45. The third kappa shape index (κ3) is 2.90. The van der Waals surface area contributed by atoms with Crippen molar-refractivity contribution in [3.63, 3.8) is 0 Å². The summed E-state index contributed by atoms with van der Waals surface area (Å²) in [6, 6.07) is 0.197. The maximum absolute atomic E-state index is 12.7. The van der Waals surface area contributed by atoms with Gasteiger partial charge in [-0.05, 0) is 31.6 Å². The summed E-state index contributed by atoms with van der Waals surface area (Å²) in [5.74, 6) is 0.369.